The van der Waals surface area contributed by atoms with Crippen molar-refractivity contribution in [1.29, 1.82) is 0 Å². The molecule has 1 heterocycles. The molecule has 0 aliphatic heterocycles. The maximum atomic E-state index is 5.44. The summed E-state index contributed by atoms with van der Waals surface area (Å²) in [5.74, 6) is 1.06. The van der Waals surface area contributed by atoms with Crippen molar-refractivity contribution in [1.82, 2.24) is 5.32 Å². The first-order valence-corrected chi connectivity index (χ1v) is 5.65. The molecule has 0 radical (unpaired) electrons. The number of nitrogens with one attached hydrogen (secondary N) is 1. The molecule has 15 heavy (non-hydrogen) atoms. The first-order valence-electron chi connectivity index (χ1n) is 5.65. The van der Waals surface area contributed by atoms with Crippen LogP contribution in [0.15, 0.2) is 28.9 Å². The molecule has 1 aromatic rings. The van der Waals surface area contributed by atoms with Gasteiger partial charge in [-0.3, -0.25) is 0 Å². The number of rotatable bonds is 6. The third-order valence-corrected chi connectivity index (χ3v) is 2.50. The highest BCUT2D eigenvalue weighted by Gasteiger charge is 2.16. The van der Waals surface area contributed by atoms with Gasteiger partial charge in [-0.2, -0.15) is 0 Å². The van der Waals surface area contributed by atoms with E-state index in [0.29, 0.717) is 0 Å². The Hall–Kier alpha value is -1.02. The molecule has 1 rings (SSSR count). The molecule has 2 heteroatoms. The topological polar surface area (TPSA) is 25.2 Å². The molecule has 84 valence electrons. The zero-order chi connectivity index (χ0) is 11.3. The molecule has 1 aromatic heterocycles. The van der Waals surface area contributed by atoms with Crippen molar-refractivity contribution in [3.8, 4) is 0 Å². The van der Waals surface area contributed by atoms with Crippen LogP contribution in [-0.2, 0) is 6.42 Å². The lowest BCUT2D eigenvalue weighted by atomic mass is 10.0. The number of hydrogen-bond acceptors (Lipinski definition) is 2. The number of furan rings is 1. The molecule has 0 fully saturated rings. The van der Waals surface area contributed by atoms with Gasteiger partial charge in [0.05, 0.1) is 12.3 Å². The van der Waals surface area contributed by atoms with Crippen molar-refractivity contribution in [2.75, 3.05) is 6.54 Å². The van der Waals surface area contributed by atoms with Gasteiger partial charge in [0.1, 0.15) is 5.76 Å². The average molecular weight is 207 g/mol. The molecule has 0 saturated carbocycles. The Bertz CT molecular complexity index is 314. The Morgan fingerprint density at radius 1 is 1.53 bits per heavy atom. The molecule has 1 atom stereocenters. The van der Waals surface area contributed by atoms with Crippen molar-refractivity contribution in [2.45, 2.75) is 39.7 Å². The number of aryl methyl sites for hydroxylation is 1. The van der Waals surface area contributed by atoms with E-state index in [2.05, 4.69) is 32.7 Å². The first-order chi connectivity index (χ1) is 7.20. The summed E-state index contributed by atoms with van der Waals surface area (Å²) in [5, 5.41) is 3.49. The lowest BCUT2D eigenvalue weighted by molar-refractivity contribution is 0.499. The second-order valence-corrected chi connectivity index (χ2v) is 3.89. The lowest BCUT2D eigenvalue weighted by Gasteiger charge is -2.18. The van der Waals surface area contributed by atoms with Crippen molar-refractivity contribution >= 4 is 0 Å². The summed E-state index contributed by atoms with van der Waals surface area (Å²) in [7, 11) is 0. The molecule has 0 aromatic carbocycles. The van der Waals surface area contributed by atoms with E-state index >= 15 is 0 Å². The minimum Gasteiger partial charge on any atom is -0.469 e. The van der Waals surface area contributed by atoms with E-state index in [0.717, 1.165) is 30.7 Å². The first kappa shape index (κ1) is 12.1. The van der Waals surface area contributed by atoms with E-state index in [1.807, 2.05) is 6.07 Å². The zero-order valence-electron chi connectivity index (χ0n) is 9.97. The van der Waals surface area contributed by atoms with Crippen LogP contribution in [0.25, 0.3) is 0 Å². The van der Waals surface area contributed by atoms with Gasteiger partial charge in [0.25, 0.3) is 0 Å². The molecule has 0 aliphatic carbocycles. The van der Waals surface area contributed by atoms with E-state index in [-0.39, 0.29) is 6.04 Å². The van der Waals surface area contributed by atoms with Crippen LogP contribution in [0.4, 0.5) is 0 Å². The van der Waals surface area contributed by atoms with Crippen molar-refractivity contribution < 1.29 is 4.42 Å². The monoisotopic (exact) mass is 207 g/mol. The Balaban J connectivity index is 2.83. The summed E-state index contributed by atoms with van der Waals surface area (Å²) in [6.45, 7) is 11.4. The molecule has 0 spiro atoms. The van der Waals surface area contributed by atoms with Crippen LogP contribution in [0.2, 0.25) is 0 Å². The summed E-state index contributed by atoms with van der Waals surface area (Å²) in [6, 6.07) is 2.28. The Labute approximate surface area is 92.4 Å². The van der Waals surface area contributed by atoms with E-state index in [4.69, 9.17) is 4.42 Å². The highest BCUT2D eigenvalue weighted by Crippen LogP contribution is 2.25. The summed E-state index contributed by atoms with van der Waals surface area (Å²) >= 11 is 0. The van der Waals surface area contributed by atoms with Crippen LogP contribution >= 0.6 is 0 Å². The van der Waals surface area contributed by atoms with E-state index in [1.165, 1.54) is 5.56 Å². The predicted octanol–water partition coefficient (Wildman–Crippen LogP) is 3.46. The SMILES string of the molecule is C=C(C)C(NCCC)c1ccoc1CC. The summed E-state index contributed by atoms with van der Waals surface area (Å²) in [6.07, 6.45) is 3.82. The van der Waals surface area contributed by atoms with Gasteiger partial charge in [-0.05, 0) is 26.0 Å². The highest BCUT2D eigenvalue weighted by molar-refractivity contribution is 5.28. The highest BCUT2D eigenvalue weighted by atomic mass is 16.3. The van der Waals surface area contributed by atoms with Gasteiger partial charge in [-0.25, -0.2) is 0 Å². The minimum absolute atomic E-state index is 0.235. The van der Waals surface area contributed by atoms with Crippen LogP contribution in [-0.4, -0.2) is 6.54 Å². The third-order valence-electron chi connectivity index (χ3n) is 2.50. The quantitative estimate of drug-likeness (QED) is 0.723. The van der Waals surface area contributed by atoms with E-state index < -0.39 is 0 Å². The van der Waals surface area contributed by atoms with Gasteiger partial charge in [-0.15, -0.1) is 0 Å². The van der Waals surface area contributed by atoms with Gasteiger partial charge in [0.2, 0.25) is 0 Å². The average Bonchev–Trinajstić information content (AvgIpc) is 2.66. The fraction of sp³-hybridized carbons (Fsp3) is 0.538. The Kier molecular flexibility index (Phi) is 4.63. The molecular weight excluding hydrogens is 186 g/mol. The second kappa shape index (κ2) is 5.76. The van der Waals surface area contributed by atoms with Crippen molar-refractivity contribution in [3.05, 3.63) is 35.8 Å². The predicted molar refractivity (Wildman–Crippen MR) is 63.9 cm³/mol. The molecule has 0 aliphatic rings. The van der Waals surface area contributed by atoms with Gasteiger partial charge in [0.15, 0.2) is 0 Å². The molecule has 1 N–H and O–H groups in total. The zero-order valence-corrected chi connectivity index (χ0v) is 9.97. The maximum Gasteiger partial charge on any atom is 0.108 e. The van der Waals surface area contributed by atoms with Gasteiger partial charge >= 0.3 is 0 Å². The molecule has 2 nitrogen and oxygen atoms in total. The maximum absolute atomic E-state index is 5.44. The van der Waals surface area contributed by atoms with Gasteiger partial charge in [-0.1, -0.05) is 26.0 Å². The lowest BCUT2D eigenvalue weighted by Crippen LogP contribution is -2.23. The molecule has 1 unspecified atom stereocenters. The standard InChI is InChI=1S/C13H21NO/c1-5-8-14-13(10(3)4)11-7-9-15-12(11)6-2/h7,9,13-14H,3,5-6,8H2,1-2,4H3. The molecule has 0 saturated heterocycles. The summed E-state index contributed by atoms with van der Waals surface area (Å²) in [4.78, 5) is 0. The summed E-state index contributed by atoms with van der Waals surface area (Å²) in [5.41, 5.74) is 2.37. The van der Waals surface area contributed by atoms with Crippen molar-refractivity contribution in [2.24, 2.45) is 0 Å². The minimum atomic E-state index is 0.235. The van der Waals surface area contributed by atoms with E-state index in [9.17, 15) is 0 Å². The van der Waals surface area contributed by atoms with Gasteiger partial charge < -0.3 is 9.73 Å². The van der Waals surface area contributed by atoms with E-state index in [1.54, 1.807) is 6.26 Å². The van der Waals surface area contributed by atoms with Crippen LogP contribution in [0.5, 0.6) is 0 Å². The largest absolute Gasteiger partial charge is 0.469 e. The van der Waals surface area contributed by atoms with Crippen molar-refractivity contribution in [3.63, 3.8) is 0 Å². The fourth-order valence-electron chi connectivity index (χ4n) is 1.73. The number of hydrogen-bond donors (Lipinski definition) is 1. The van der Waals surface area contributed by atoms with Crippen LogP contribution < -0.4 is 5.32 Å². The molecule has 0 amide bonds. The van der Waals surface area contributed by atoms with Crippen LogP contribution in [0, 0.1) is 0 Å². The fourth-order valence-corrected chi connectivity index (χ4v) is 1.73. The third kappa shape index (κ3) is 2.96. The second-order valence-electron chi connectivity index (χ2n) is 3.89. The molecule has 0 bridgehead atoms. The smallest absolute Gasteiger partial charge is 0.108 e. The Morgan fingerprint density at radius 3 is 2.80 bits per heavy atom. The normalized spacial score (nSPS) is 12.7. The van der Waals surface area contributed by atoms with Crippen LogP contribution in [0.3, 0.4) is 0 Å². The van der Waals surface area contributed by atoms with Crippen LogP contribution in [0.1, 0.15) is 44.6 Å². The molecular formula is C13H21NO. The van der Waals surface area contributed by atoms with Gasteiger partial charge in [0, 0.05) is 12.0 Å². The summed E-state index contributed by atoms with van der Waals surface area (Å²) < 4.78 is 5.44. The Morgan fingerprint density at radius 2 is 2.27 bits per heavy atom.